The molecule has 1 heterocycles. The second-order valence-electron chi connectivity index (χ2n) is 25.7. The Bertz CT molecular complexity index is 2040. The number of aliphatic hydroxyl groups excluding tert-OH is 5. The molecule has 0 aliphatic carbocycles. The van der Waals surface area contributed by atoms with Crippen LogP contribution < -0.4 is 5.32 Å². The van der Waals surface area contributed by atoms with E-state index in [0.717, 1.165) is 122 Å². The van der Waals surface area contributed by atoms with Crippen molar-refractivity contribution in [3.63, 3.8) is 0 Å². The van der Waals surface area contributed by atoms with Gasteiger partial charge in [-0.1, -0.05) is 345 Å². The zero-order valence-electron chi connectivity index (χ0n) is 59.5. The molecule has 0 aromatic heterocycles. The molecule has 6 N–H and O–H groups in total. The van der Waals surface area contributed by atoms with Gasteiger partial charge < -0.3 is 40.3 Å². The molecule has 0 aromatic rings. The molecule has 9 heteroatoms. The highest BCUT2D eigenvalue weighted by Crippen LogP contribution is 2.23. The summed E-state index contributed by atoms with van der Waals surface area (Å²) in [5.74, 6) is -0.201. The zero-order valence-corrected chi connectivity index (χ0v) is 59.5. The Hall–Kier alpha value is -4.19. The minimum Gasteiger partial charge on any atom is -0.394 e. The van der Waals surface area contributed by atoms with Crippen LogP contribution in [0.2, 0.25) is 0 Å². The van der Waals surface area contributed by atoms with E-state index in [1.807, 2.05) is 6.08 Å². The van der Waals surface area contributed by atoms with Gasteiger partial charge in [0, 0.05) is 6.42 Å². The molecule has 530 valence electrons. The van der Waals surface area contributed by atoms with Crippen LogP contribution >= 0.6 is 0 Å². The maximum absolute atomic E-state index is 13.1. The minimum absolute atomic E-state index is 0.201. The van der Waals surface area contributed by atoms with Gasteiger partial charge in [0.25, 0.3) is 0 Å². The van der Waals surface area contributed by atoms with E-state index in [0.29, 0.717) is 6.42 Å². The van der Waals surface area contributed by atoms with Crippen molar-refractivity contribution < 1.29 is 39.8 Å². The average molecular weight is 1290 g/mol. The van der Waals surface area contributed by atoms with Gasteiger partial charge >= 0.3 is 0 Å². The van der Waals surface area contributed by atoms with Crippen LogP contribution in [0.15, 0.2) is 158 Å². The summed E-state index contributed by atoms with van der Waals surface area (Å²) in [6.45, 7) is 3.66. The largest absolute Gasteiger partial charge is 0.394 e. The van der Waals surface area contributed by atoms with E-state index >= 15 is 0 Å². The molecular formula is C84H141NO8. The predicted octanol–water partition coefficient (Wildman–Crippen LogP) is 21.9. The maximum Gasteiger partial charge on any atom is 0.220 e. The van der Waals surface area contributed by atoms with Gasteiger partial charge in [0.2, 0.25) is 5.91 Å². The fraction of sp³-hybridized carbons (Fsp3) is 0.679. The van der Waals surface area contributed by atoms with Crippen molar-refractivity contribution in [3.05, 3.63) is 158 Å². The molecule has 0 spiro atoms. The Balaban J connectivity index is 2.17. The van der Waals surface area contributed by atoms with Gasteiger partial charge in [0.15, 0.2) is 6.29 Å². The van der Waals surface area contributed by atoms with Gasteiger partial charge in [0.1, 0.15) is 24.4 Å². The van der Waals surface area contributed by atoms with E-state index < -0.39 is 49.5 Å². The molecule has 0 saturated carbocycles. The number of aliphatic hydroxyl groups is 5. The summed E-state index contributed by atoms with van der Waals surface area (Å²) in [5, 5.41) is 54.8. The molecule has 7 unspecified atom stereocenters. The van der Waals surface area contributed by atoms with Crippen LogP contribution in [-0.4, -0.2) is 87.5 Å². The molecule has 1 rings (SSSR count). The van der Waals surface area contributed by atoms with Crippen molar-refractivity contribution in [1.82, 2.24) is 5.32 Å². The summed E-state index contributed by atoms with van der Waals surface area (Å²) in [6.07, 6.45) is 104. The number of amides is 1. The monoisotopic (exact) mass is 1290 g/mol. The lowest BCUT2D eigenvalue weighted by Gasteiger charge is -2.40. The van der Waals surface area contributed by atoms with Crippen LogP contribution in [0.1, 0.15) is 309 Å². The molecule has 7 atom stereocenters. The van der Waals surface area contributed by atoms with Crippen molar-refractivity contribution in [1.29, 1.82) is 0 Å². The molecule has 1 saturated heterocycles. The first-order valence-electron chi connectivity index (χ1n) is 38.2. The van der Waals surface area contributed by atoms with E-state index in [4.69, 9.17) is 9.47 Å². The Morgan fingerprint density at radius 2 is 0.677 bits per heavy atom. The van der Waals surface area contributed by atoms with E-state index in [9.17, 15) is 30.3 Å². The van der Waals surface area contributed by atoms with Gasteiger partial charge in [-0.3, -0.25) is 4.79 Å². The lowest BCUT2D eigenvalue weighted by atomic mass is 9.99. The van der Waals surface area contributed by atoms with Crippen molar-refractivity contribution in [2.75, 3.05) is 13.2 Å². The summed E-state index contributed by atoms with van der Waals surface area (Å²) in [6, 6.07) is -0.842. The second kappa shape index (κ2) is 70.6. The third kappa shape index (κ3) is 58.9. The fourth-order valence-corrected chi connectivity index (χ4v) is 11.2. The minimum atomic E-state index is -1.58. The quantitative estimate of drug-likeness (QED) is 0.0261. The lowest BCUT2D eigenvalue weighted by Crippen LogP contribution is -2.60. The van der Waals surface area contributed by atoms with E-state index in [1.165, 1.54) is 167 Å². The van der Waals surface area contributed by atoms with Crippen molar-refractivity contribution in [3.8, 4) is 0 Å². The van der Waals surface area contributed by atoms with Crippen LogP contribution in [0.25, 0.3) is 0 Å². The van der Waals surface area contributed by atoms with Gasteiger partial charge in [-0.2, -0.15) is 0 Å². The van der Waals surface area contributed by atoms with Gasteiger partial charge in [-0.05, 0) is 116 Å². The zero-order chi connectivity index (χ0) is 67.1. The Morgan fingerprint density at radius 1 is 0.376 bits per heavy atom. The Kier molecular flexibility index (Phi) is 65.9. The maximum atomic E-state index is 13.1. The third-order valence-corrected chi connectivity index (χ3v) is 17.1. The normalized spacial score (nSPS) is 18.5. The molecule has 0 bridgehead atoms. The Labute approximate surface area is 571 Å². The number of hydrogen-bond acceptors (Lipinski definition) is 8. The standard InChI is InChI=1S/C84H141NO8/c1-3-5-7-9-11-13-15-17-19-21-23-25-27-29-31-33-34-35-36-37-38-39-40-41-42-43-44-46-48-50-52-54-56-58-60-62-64-66-68-70-72-74-80(88)85-77(76-92-84-83(91)82(90)81(89)79(75-86)93-84)78(87)73-71-69-67-65-63-61-59-57-55-53-51-49-47-45-32-30-28-26-24-22-20-18-16-14-12-10-8-6-4-2/h5,7,11,13,17,19,23,25,29,31,34-35,37-38,40-41,43-44,48,50,54,56,63,65,71,73,77-79,81-84,86-87,89-91H,3-4,6,8-10,12,14-16,18,20-22,24,26-28,30,32-33,36,39,42,45-47,49,51-53,55,57-62,64,66-70,72,74-76H2,1-2H3,(H,85,88)/b7-5-,13-11-,19-17-,25-23-,31-29-,35-34-,38-37-,41-40-,44-43-,50-48-,56-54-,65-63+,73-71+. The molecule has 1 amide bonds. The average Bonchev–Trinajstić information content (AvgIpc) is 1.00. The fourth-order valence-electron chi connectivity index (χ4n) is 11.2. The molecule has 1 aliphatic heterocycles. The van der Waals surface area contributed by atoms with Crippen LogP contribution in [-0.2, 0) is 14.3 Å². The predicted molar refractivity (Wildman–Crippen MR) is 400 cm³/mol. The lowest BCUT2D eigenvalue weighted by molar-refractivity contribution is -0.302. The SMILES string of the molecule is CC/C=C\C/C=C\C/C=C\C/C=C\C/C=C\C/C=C\C/C=C\C/C=C\C/C=C\C/C=C\C/C=C\CCCCCCCCCC(=O)NC(COC1OC(CO)C(O)C(O)C1O)C(O)/C=C/CC/C=C/CCCCCCCCCCCCCCCCCCCCCCCCC. The molecule has 93 heavy (non-hydrogen) atoms. The van der Waals surface area contributed by atoms with Crippen LogP contribution in [0, 0.1) is 0 Å². The number of carbonyl (C=O) groups excluding carboxylic acids is 1. The van der Waals surface area contributed by atoms with Crippen LogP contribution in [0.4, 0.5) is 0 Å². The molecule has 0 aromatic carbocycles. The highest BCUT2D eigenvalue weighted by atomic mass is 16.7. The van der Waals surface area contributed by atoms with E-state index in [-0.39, 0.29) is 12.5 Å². The van der Waals surface area contributed by atoms with Crippen molar-refractivity contribution in [2.24, 2.45) is 0 Å². The number of nitrogens with one attached hydrogen (secondary N) is 1. The number of carbonyl (C=O) groups is 1. The first-order chi connectivity index (χ1) is 45.8. The highest BCUT2D eigenvalue weighted by Gasteiger charge is 2.44. The van der Waals surface area contributed by atoms with Crippen molar-refractivity contribution in [2.45, 2.75) is 352 Å². The number of unbranched alkanes of at least 4 members (excludes halogenated alkanes) is 31. The van der Waals surface area contributed by atoms with E-state index in [2.05, 4.69) is 165 Å². The summed E-state index contributed by atoms with van der Waals surface area (Å²) in [7, 11) is 0. The van der Waals surface area contributed by atoms with Gasteiger partial charge in [0.05, 0.1) is 25.4 Å². The summed E-state index contributed by atoms with van der Waals surface area (Å²) in [4.78, 5) is 13.1. The molecule has 9 nitrogen and oxygen atoms in total. The first kappa shape index (κ1) is 86.8. The highest BCUT2D eigenvalue weighted by molar-refractivity contribution is 5.76. The molecular weight excluding hydrogens is 1150 g/mol. The van der Waals surface area contributed by atoms with E-state index in [1.54, 1.807) is 6.08 Å². The number of allylic oxidation sites excluding steroid dienone is 25. The summed E-state index contributed by atoms with van der Waals surface area (Å²) in [5.41, 5.74) is 0. The molecule has 0 radical (unpaired) electrons. The molecule has 1 fully saturated rings. The van der Waals surface area contributed by atoms with Gasteiger partial charge in [-0.25, -0.2) is 0 Å². The van der Waals surface area contributed by atoms with Gasteiger partial charge in [-0.15, -0.1) is 0 Å². The number of rotatable bonds is 65. The topological polar surface area (TPSA) is 149 Å². The smallest absolute Gasteiger partial charge is 0.220 e. The van der Waals surface area contributed by atoms with Crippen molar-refractivity contribution >= 4 is 5.91 Å². The first-order valence-corrected chi connectivity index (χ1v) is 38.2. The second-order valence-corrected chi connectivity index (χ2v) is 25.7. The number of ether oxygens (including phenoxy) is 2. The number of hydrogen-bond donors (Lipinski definition) is 6. The van der Waals surface area contributed by atoms with Crippen LogP contribution in [0.3, 0.4) is 0 Å². The summed E-state index contributed by atoms with van der Waals surface area (Å²) < 4.78 is 11.3. The van der Waals surface area contributed by atoms with Crippen LogP contribution in [0.5, 0.6) is 0 Å². The molecule has 1 aliphatic rings. The Morgan fingerprint density at radius 3 is 1.03 bits per heavy atom. The summed E-state index contributed by atoms with van der Waals surface area (Å²) >= 11 is 0. The third-order valence-electron chi connectivity index (χ3n) is 17.1.